The number of carbonyl (C=O) groups is 1. The molecule has 168 valence electrons. The van der Waals surface area contributed by atoms with E-state index in [1.54, 1.807) is 15.6 Å². The summed E-state index contributed by atoms with van der Waals surface area (Å²) in [6.45, 7) is 4.20. The van der Waals surface area contributed by atoms with Crippen LogP contribution in [0, 0.1) is 12.7 Å². The van der Waals surface area contributed by atoms with E-state index in [0.29, 0.717) is 11.0 Å². The van der Waals surface area contributed by atoms with Crippen molar-refractivity contribution in [3.05, 3.63) is 82.3 Å². The van der Waals surface area contributed by atoms with Gasteiger partial charge in [0.15, 0.2) is 5.65 Å². The molecule has 1 unspecified atom stereocenters. The molecule has 2 aromatic heterocycles. The molecule has 1 atom stereocenters. The van der Waals surface area contributed by atoms with Gasteiger partial charge >= 0.3 is 0 Å². The summed E-state index contributed by atoms with van der Waals surface area (Å²) in [4.78, 5) is 32.3. The van der Waals surface area contributed by atoms with E-state index in [9.17, 15) is 14.0 Å². The van der Waals surface area contributed by atoms with Crippen molar-refractivity contribution in [3.8, 4) is 5.69 Å². The highest BCUT2D eigenvalue weighted by molar-refractivity contribution is 5.95. The molecule has 8 heteroatoms. The van der Waals surface area contributed by atoms with Crippen molar-refractivity contribution in [3.63, 3.8) is 0 Å². The number of aryl methyl sites for hydroxylation is 3. The molecule has 1 aliphatic rings. The Hall–Kier alpha value is -3.81. The second kappa shape index (κ2) is 8.27. The van der Waals surface area contributed by atoms with Gasteiger partial charge < -0.3 is 4.90 Å². The molecule has 0 radical (unpaired) electrons. The Balaban J connectivity index is 1.38. The first-order chi connectivity index (χ1) is 15.9. The zero-order chi connectivity index (χ0) is 23.1. The number of aromatic nitrogens is 4. The molecule has 1 amide bonds. The van der Waals surface area contributed by atoms with Crippen LogP contribution < -0.4 is 10.5 Å². The monoisotopic (exact) mass is 445 g/mol. The minimum absolute atomic E-state index is 0.0144. The first-order valence-electron chi connectivity index (χ1n) is 11.0. The first-order valence-corrected chi connectivity index (χ1v) is 11.0. The van der Waals surface area contributed by atoms with E-state index in [4.69, 9.17) is 0 Å². The molecule has 3 heterocycles. The normalized spacial score (nSPS) is 15.6. The van der Waals surface area contributed by atoms with Crippen LogP contribution in [0.2, 0.25) is 0 Å². The number of carbonyl (C=O) groups excluding carboxylic acids is 1. The number of hydrogen-bond acceptors (Lipinski definition) is 4. The van der Waals surface area contributed by atoms with Crippen molar-refractivity contribution < 1.29 is 9.18 Å². The fraction of sp³-hybridized carbons (Fsp3) is 0.280. The Bertz CT molecular complexity index is 1410. The van der Waals surface area contributed by atoms with Gasteiger partial charge in [0.1, 0.15) is 11.2 Å². The lowest BCUT2D eigenvalue weighted by molar-refractivity contribution is -0.119. The fourth-order valence-corrected chi connectivity index (χ4v) is 4.42. The molecule has 4 aromatic rings. The third-order valence-corrected chi connectivity index (χ3v) is 6.24. The van der Waals surface area contributed by atoms with Gasteiger partial charge in [-0.2, -0.15) is 5.10 Å². The van der Waals surface area contributed by atoms with Crippen molar-refractivity contribution in [2.24, 2.45) is 0 Å². The summed E-state index contributed by atoms with van der Waals surface area (Å²) in [5.74, 6) is -0.398. The molecule has 0 bridgehead atoms. The van der Waals surface area contributed by atoms with E-state index in [0.717, 1.165) is 35.3 Å². The molecule has 0 spiro atoms. The molecule has 1 aliphatic heterocycles. The molecule has 2 aromatic carbocycles. The topological polar surface area (TPSA) is 73.0 Å². The third kappa shape index (κ3) is 3.82. The summed E-state index contributed by atoms with van der Waals surface area (Å²) >= 11 is 0. The van der Waals surface area contributed by atoms with Gasteiger partial charge in [-0.3, -0.25) is 14.2 Å². The highest BCUT2D eigenvalue weighted by Gasteiger charge is 2.28. The number of halogens is 1. The number of fused-ring (bicyclic) bond motifs is 2. The van der Waals surface area contributed by atoms with Gasteiger partial charge in [-0.25, -0.2) is 14.1 Å². The van der Waals surface area contributed by atoms with Gasteiger partial charge in [-0.1, -0.05) is 17.7 Å². The van der Waals surface area contributed by atoms with Crippen LogP contribution in [-0.2, 0) is 17.8 Å². The van der Waals surface area contributed by atoms with Crippen LogP contribution in [0.15, 0.2) is 59.8 Å². The Kier molecular flexibility index (Phi) is 5.28. The molecule has 0 aliphatic carbocycles. The van der Waals surface area contributed by atoms with Crippen molar-refractivity contribution in [2.45, 2.75) is 45.7 Å². The molecular formula is C25H24FN5O2. The summed E-state index contributed by atoms with van der Waals surface area (Å²) in [5.41, 5.74) is 3.79. The second-order valence-corrected chi connectivity index (χ2v) is 8.55. The fourth-order valence-electron chi connectivity index (χ4n) is 4.42. The first kappa shape index (κ1) is 21.1. The minimum atomic E-state index is -0.298. The maximum absolute atomic E-state index is 13.6. The summed E-state index contributed by atoms with van der Waals surface area (Å²) in [6.07, 6.45) is 4.63. The Morgan fingerprint density at radius 2 is 1.97 bits per heavy atom. The second-order valence-electron chi connectivity index (χ2n) is 8.55. The maximum Gasteiger partial charge on any atom is 0.264 e. The van der Waals surface area contributed by atoms with E-state index in [1.165, 1.54) is 29.2 Å². The van der Waals surface area contributed by atoms with Gasteiger partial charge in [0.25, 0.3) is 5.56 Å². The maximum atomic E-state index is 13.6. The quantitative estimate of drug-likeness (QED) is 0.479. The molecule has 0 saturated carbocycles. The van der Waals surface area contributed by atoms with Gasteiger partial charge in [0.2, 0.25) is 5.91 Å². The standard InChI is InChI=1S/C25H24FN5O2/c1-16-3-8-20(9-4-16)31-24-21(14-28-31)25(33)29(15-27-24)12-11-23(32)30-17(2)5-6-18-13-19(26)7-10-22(18)30/h3-4,7-10,13-15,17H,5-6,11-12H2,1-2H3. The van der Waals surface area contributed by atoms with E-state index in [2.05, 4.69) is 10.1 Å². The number of nitrogens with zero attached hydrogens (tertiary/aromatic N) is 5. The summed E-state index contributed by atoms with van der Waals surface area (Å²) in [5, 5.41) is 4.74. The predicted octanol–water partition coefficient (Wildman–Crippen LogP) is 3.79. The smallest absolute Gasteiger partial charge is 0.264 e. The van der Waals surface area contributed by atoms with Crippen LogP contribution in [0.4, 0.5) is 10.1 Å². The lowest BCUT2D eigenvalue weighted by Gasteiger charge is -2.35. The average Bonchev–Trinajstić information content (AvgIpc) is 3.24. The summed E-state index contributed by atoms with van der Waals surface area (Å²) in [6, 6.07) is 12.4. The van der Waals surface area contributed by atoms with Crippen molar-refractivity contribution in [2.75, 3.05) is 4.90 Å². The Labute approximate surface area is 190 Å². The average molecular weight is 445 g/mol. The van der Waals surface area contributed by atoms with Crippen LogP contribution in [0.25, 0.3) is 16.7 Å². The zero-order valence-corrected chi connectivity index (χ0v) is 18.5. The Morgan fingerprint density at radius 3 is 2.76 bits per heavy atom. The van der Waals surface area contributed by atoms with Crippen LogP contribution >= 0.6 is 0 Å². The van der Waals surface area contributed by atoms with E-state index >= 15 is 0 Å². The van der Waals surface area contributed by atoms with E-state index in [-0.39, 0.29) is 36.3 Å². The SMILES string of the molecule is Cc1ccc(-n2ncc3c(=O)n(CCC(=O)N4c5ccc(F)cc5CCC4C)cnc32)cc1. The number of rotatable bonds is 4. The predicted molar refractivity (Wildman–Crippen MR) is 124 cm³/mol. The van der Waals surface area contributed by atoms with Gasteiger partial charge in [-0.15, -0.1) is 0 Å². The van der Waals surface area contributed by atoms with Gasteiger partial charge in [0, 0.05) is 24.7 Å². The van der Waals surface area contributed by atoms with Gasteiger partial charge in [-0.05, 0) is 62.6 Å². The minimum Gasteiger partial charge on any atom is -0.309 e. The van der Waals surface area contributed by atoms with E-state index < -0.39 is 0 Å². The Morgan fingerprint density at radius 1 is 1.18 bits per heavy atom. The van der Waals surface area contributed by atoms with Crippen molar-refractivity contribution in [1.29, 1.82) is 0 Å². The molecule has 7 nitrogen and oxygen atoms in total. The van der Waals surface area contributed by atoms with Crippen LogP contribution in [-0.4, -0.2) is 31.3 Å². The molecule has 33 heavy (non-hydrogen) atoms. The number of hydrogen-bond donors (Lipinski definition) is 0. The van der Waals surface area contributed by atoms with Crippen LogP contribution in [0.5, 0.6) is 0 Å². The van der Waals surface area contributed by atoms with Crippen LogP contribution in [0.3, 0.4) is 0 Å². The molecule has 0 saturated heterocycles. The molecule has 5 rings (SSSR count). The largest absolute Gasteiger partial charge is 0.309 e. The lowest BCUT2D eigenvalue weighted by Crippen LogP contribution is -2.42. The lowest BCUT2D eigenvalue weighted by atomic mass is 9.96. The molecule has 0 N–H and O–H groups in total. The zero-order valence-electron chi connectivity index (χ0n) is 18.5. The highest BCUT2D eigenvalue weighted by Crippen LogP contribution is 2.31. The highest BCUT2D eigenvalue weighted by atomic mass is 19.1. The van der Waals surface area contributed by atoms with Crippen molar-refractivity contribution in [1.82, 2.24) is 19.3 Å². The number of amides is 1. The van der Waals surface area contributed by atoms with Crippen LogP contribution in [0.1, 0.15) is 30.9 Å². The molecular weight excluding hydrogens is 421 g/mol. The van der Waals surface area contributed by atoms with Gasteiger partial charge in [0.05, 0.1) is 18.2 Å². The summed E-state index contributed by atoms with van der Waals surface area (Å²) in [7, 11) is 0. The summed E-state index contributed by atoms with van der Waals surface area (Å²) < 4.78 is 16.7. The van der Waals surface area contributed by atoms with Crippen molar-refractivity contribution >= 4 is 22.6 Å². The molecule has 0 fully saturated rings. The van der Waals surface area contributed by atoms with E-state index in [1.807, 2.05) is 38.1 Å². The number of benzene rings is 2. The number of anilines is 1. The third-order valence-electron chi connectivity index (χ3n) is 6.24.